The van der Waals surface area contributed by atoms with Gasteiger partial charge in [0, 0.05) is 6.54 Å². The molecule has 9 heteroatoms. The van der Waals surface area contributed by atoms with Crippen molar-refractivity contribution in [1.82, 2.24) is 19.5 Å². The molecule has 0 bridgehead atoms. The molecule has 2 N–H and O–H groups in total. The van der Waals surface area contributed by atoms with Gasteiger partial charge < -0.3 is 15.0 Å². The largest absolute Gasteiger partial charge is 0.471 e. The van der Waals surface area contributed by atoms with E-state index in [9.17, 15) is 0 Å². The van der Waals surface area contributed by atoms with Gasteiger partial charge in [-0.2, -0.15) is 13.2 Å². The second kappa shape index (κ2) is 8.41. The molecule has 2 aromatic heterocycles. The summed E-state index contributed by atoms with van der Waals surface area (Å²) < 4.78 is 12.4. The molecule has 0 aliphatic heterocycles. The lowest BCUT2D eigenvalue weighted by Crippen LogP contribution is -2.11. The molecule has 25 heavy (non-hydrogen) atoms. The molecule has 0 fully saturated rings. The van der Waals surface area contributed by atoms with E-state index >= 15 is 0 Å². The van der Waals surface area contributed by atoms with Gasteiger partial charge in [-0.05, 0) is 18.9 Å². The van der Waals surface area contributed by atoms with Crippen molar-refractivity contribution < 1.29 is 12.8 Å². The number of aryl methyl sites for hydroxylation is 1. The molecule has 1 unspecified atom stereocenters. The predicted octanol–water partition coefficient (Wildman–Crippen LogP) is 3.06. The Kier molecular flexibility index (Phi) is 6.00. The summed E-state index contributed by atoms with van der Waals surface area (Å²) in [5.41, 5.74) is 8.10. The van der Waals surface area contributed by atoms with E-state index in [1.54, 1.807) is 29.3 Å². The number of benzene rings is 1. The number of nitrogens with two attached hydrogens (primary N) is 1. The van der Waals surface area contributed by atoms with E-state index in [0.717, 1.165) is 12.0 Å². The highest BCUT2D eigenvalue weighted by Gasteiger charge is 2.14. The minimum atomic E-state index is -0.0534. The Balaban J connectivity index is 1.78. The average molecular weight is 455 g/mol. The molecule has 0 radical (unpaired) electrons. The van der Waals surface area contributed by atoms with Gasteiger partial charge >= 0.3 is 0 Å². The molecule has 132 valence electrons. The normalized spacial score (nSPS) is 12.4. The first-order valence-corrected chi connectivity index (χ1v) is 8.64. The lowest BCUT2D eigenvalue weighted by Gasteiger charge is -2.10. The summed E-state index contributed by atoms with van der Waals surface area (Å²) in [5.74, 6) is 0.530. The summed E-state index contributed by atoms with van der Waals surface area (Å²) in [6.45, 7) is 2.97. The van der Waals surface area contributed by atoms with Gasteiger partial charge in [-0.1, -0.05) is 30.3 Å². The lowest BCUT2D eigenvalue weighted by atomic mass is 10.2. The fourth-order valence-electron chi connectivity index (χ4n) is 2.36. The predicted molar refractivity (Wildman–Crippen MR) is 101 cm³/mol. The summed E-state index contributed by atoms with van der Waals surface area (Å²) in [5, 5.41) is 0. The molecule has 1 atom stereocenters. The molecular weight excluding hydrogens is 437 g/mol. The molecule has 2 heterocycles. The molecule has 3 rings (SSSR count). The second-order valence-electron chi connectivity index (χ2n) is 5.53. The SMILES string of the molecule is CC(CCn1cnc2c(OCc3ccccc3)nc(N)nc21)OOI. The zero-order valence-corrected chi connectivity index (χ0v) is 15.8. The third-order valence-electron chi connectivity index (χ3n) is 3.64. The van der Waals surface area contributed by atoms with Crippen LogP contribution >= 0.6 is 23.0 Å². The summed E-state index contributed by atoms with van der Waals surface area (Å²) in [4.78, 5) is 17.9. The highest BCUT2D eigenvalue weighted by molar-refractivity contribution is 14.1. The summed E-state index contributed by atoms with van der Waals surface area (Å²) >= 11 is 1.70. The van der Waals surface area contributed by atoms with Crippen LogP contribution in [0.2, 0.25) is 0 Å². The molecule has 0 amide bonds. The number of nitrogens with zero attached hydrogens (tertiary/aromatic N) is 4. The quantitative estimate of drug-likeness (QED) is 0.317. The highest BCUT2D eigenvalue weighted by Crippen LogP contribution is 2.23. The number of nitrogen functional groups attached to an aromatic ring is 1. The standard InChI is InChI=1S/C16H18IN5O3/c1-11(24-25-17)7-8-22-10-19-13-14(22)20-16(18)21-15(13)23-9-12-5-3-2-4-6-12/h2-6,10-11H,7-9H2,1H3,(H2,18,20,21). The van der Waals surface area contributed by atoms with Crippen molar-refractivity contribution in [2.45, 2.75) is 32.6 Å². The van der Waals surface area contributed by atoms with Crippen LogP contribution in [0.1, 0.15) is 18.9 Å². The van der Waals surface area contributed by atoms with Gasteiger partial charge in [0.05, 0.1) is 12.4 Å². The van der Waals surface area contributed by atoms with E-state index in [-0.39, 0.29) is 12.1 Å². The Bertz CT molecular complexity index is 827. The van der Waals surface area contributed by atoms with Crippen LogP contribution in [0.25, 0.3) is 11.2 Å². The van der Waals surface area contributed by atoms with Crippen LogP contribution in [0.3, 0.4) is 0 Å². The fourth-order valence-corrected chi connectivity index (χ4v) is 2.71. The molecule has 8 nitrogen and oxygen atoms in total. The van der Waals surface area contributed by atoms with Gasteiger partial charge in [0.15, 0.2) is 34.2 Å². The molecule has 0 saturated heterocycles. The van der Waals surface area contributed by atoms with Crippen molar-refractivity contribution in [3.05, 3.63) is 42.2 Å². The van der Waals surface area contributed by atoms with E-state index in [4.69, 9.17) is 15.4 Å². The van der Waals surface area contributed by atoms with Crippen molar-refractivity contribution in [2.75, 3.05) is 5.73 Å². The van der Waals surface area contributed by atoms with Gasteiger partial charge in [-0.15, -0.1) is 0 Å². The maximum Gasteiger partial charge on any atom is 0.247 e. The number of rotatable bonds is 8. The number of hydrogen-bond donors (Lipinski definition) is 1. The Labute approximate surface area is 158 Å². The molecule has 0 aliphatic carbocycles. The van der Waals surface area contributed by atoms with Crippen LogP contribution in [0, 0.1) is 0 Å². The van der Waals surface area contributed by atoms with Crippen LogP contribution in [0.5, 0.6) is 5.88 Å². The first-order valence-electron chi connectivity index (χ1n) is 7.76. The van der Waals surface area contributed by atoms with Gasteiger partial charge in [-0.3, -0.25) is 0 Å². The Morgan fingerprint density at radius 2 is 2.04 bits per heavy atom. The van der Waals surface area contributed by atoms with Crippen molar-refractivity contribution in [1.29, 1.82) is 0 Å². The fraction of sp³-hybridized carbons (Fsp3) is 0.312. The molecule has 3 aromatic rings. The zero-order chi connectivity index (χ0) is 17.6. The minimum Gasteiger partial charge on any atom is -0.471 e. The van der Waals surface area contributed by atoms with Crippen LogP contribution in [-0.2, 0) is 21.3 Å². The van der Waals surface area contributed by atoms with E-state index in [1.807, 2.05) is 41.8 Å². The molecule has 1 aromatic carbocycles. The van der Waals surface area contributed by atoms with Gasteiger partial charge in [-0.25, -0.2) is 9.87 Å². The number of halogens is 1. The summed E-state index contributed by atoms with van der Waals surface area (Å²) in [7, 11) is 0. The Morgan fingerprint density at radius 3 is 2.80 bits per heavy atom. The molecule has 0 aliphatic rings. The van der Waals surface area contributed by atoms with Gasteiger partial charge in [0.2, 0.25) is 11.8 Å². The van der Waals surface area contributed by atoms with E-state index < -0.39 is 0 Å². The number of aromatic nitrogens is 4. The van der Waals surface area contributed by atoms with Crippen molar-refractivity contribution >= 4 is 40.1 Å². The lowest BCUT2D eigenvalue weighted by molar-refractivity contribution is -0.205. The van der Waals surface area contributed by atoms with Crippen molar-refractivity contribution in [3.63, 3.8) is 0 Å². The number of ether oxygens (including phenoxy) is 1. The topological polar surface area (TPSA) is 97.3 Å². The third kappa shape index (κ3) is 4.55. The number of fused-ring (bicyclic) bond motifs is 1. The molecule has 0 saturated carbocycles. The second-order valence-corrected chi connectivity index (χ2v) is 5.89. The Morgan fingerprint density at radius 1 is 1.24 bits per heavy atom. The van der Waals surface area contributed by atoms with Crippen LogP contribution in [0.15, 0.2) is 36.7 Å². The van der Waals surface area contributed by atoms with E-state index in [1.165, 1.54) is 0 Å². The zero-order valence-electron chi connectivity index (χ0n) is 13.6. The first-order chi connectivity index (χ1) is 12.2. The summed E-state index contributed by atoms with van der Waals surface area (Å²) in [6, 6.07) is 9.84. The van der Waals surface area contributed by atoms with Crippen LogP contribution in [-0.4, -0.2) is 25.6 Å². The number of anilines is 1. The Hall–Kier alpha value is -1.98. The van der Waals surface area contributed by atoms with Crippen molar-refractivity contribution in [3.8, 4) is 5.88 Å². The number of imidazole rings is 1. The molecule has 0 spiro atoms. The maximum atomic E-state index is 5.84. The molecular formula is C16H18IN5O3. The highest BCUT2D eigenvalue weighted by atomic mass is 127. The van der Waals surface area contributed by atoms with Crippen LogP contribution < -0.4 is 10.5 Å². The summed E-state index contributed by atoms with van der Waals surface area (Å²) in [6.07, 6.45) is 2.38. The van der Waals surface area contributed by atoms with Crippen molar-refractivity contribution in [2.24, 2.45) is 0 Å². The number of hydrogen-bond acceptors (Lipinski definition) is 7. The van der Waals surface area contributed by atoms with E-state index in [0.29, 0.717) is 30.2 Å². The smallest absolute Gasteiger partial charge is 0.247 e. The van der Waals surface area contributed by atoms with Gasteiger partial charge in [0.1, 0.15) is 6.61 Å². The minimum absolute atomic E-state index is 0.0534. The average Bonchev–Trinajstić information content (AvgIpc) is 3.02. The van der Waals surface area contributed by atoms with Crippen LogP contribution in [0.4, 0.5) is 5.95 Å². The first kappa shape index (κ1) is 17.8. The van der Waals surface area contributed by atoms with E-state index in [2.05, 4.69) is 18.2 Å². The maximum absolute atomic E-state index is 5.84. The van der Waals surface area contributed by atoms with Gasteiger partial charge in [0.25, 0.3) is 0 Å². The monoisotopic (exact) mass is 455 g/mol. The third-order valence-corrected chi connectivity index (χ3v) is 3.85.